The van der Waals surface area contributed by atoms with Crippen LogP contribution in [-0.4, -0.2) is 562 Å². The van der Waals surface area contributed by atoms with Gasteiger partial charge in [-0.25, -0.2) is 0 Å². The Labute approximate surface area is 868 Å². The zero-order chi connectivity index (χ0) is 102. The number of nitrogens with one attached hydrogen (secondary N) is 8. The van der Waals surface area contributed by atoms with Crippen molar-refractivity contribution >= 4 is 119 Å². The van der Waals surface area contributed by atoms with E-state index in [-0.39, 0.29) is 289 Å². The number of amides is 8. The van der Waals surface area contributed by atoms with Crippen molar-refractivity contribution in [2.24, 2.45) is 5.41 Å². The summed E-state index contributed by atoms with van der Waals surface area (Å²) in [5, 5.41) is 163. The molecule has 0 saturated carbocycles. The topological polar surface area (TPSA) is 766 Å². The fraction of sp³-hybridized carbons (Fsp3) is 0.753. The standard InChI is InChI=1S/C81H140N24O32.2Gd/c1-57(102-29-21-94(45-69(118)119)13-5-90(41-65(110)111)6-14-95(22-30-102)46-70(120)121)77(134)82-37-61(106)86-53-81(54-87-62(107)38-83-78(135)58(2)103-31-23-96(47-71(122)123)15-7-91(42-66(112)113)8-16-97(24-32-103)48-72(124)125,55-88-63(108)39-84-79(136)59(3)104-33-25-98(49-73(126)127)17-9-92(43-67(114)115)10-18-99(26-34-104)50-74(128)129)56-89-64(109)40-85-80(137)60(4)105-35-27-100(51-75(130)131)19-11-93(44-68(116)117)12-20-101(28-36-105)52-76(132)133;;/h57-60H,5-56H2,1-4H3,(H,82,134)(H,83,135)(H,84,136)(H,85,137)(H,86,106)(H,87,107)(H,88,108)(H,89,109)(H,110,111)(H,112,113)(H,114,115)(H,116,117)(H,118,119)(H,120,121)(H,122,123)(H,124,125)(H,126,127)(H,128,129)(H,130,131)(H,132,133);;/q;2*+3/p-12. The van der Waals surface area contributed by atoms with Gasteiger partial charge in [-0.05, 0) is 27.7 Å². The Hall–Kier alpha value is -8.59. The molecule has 8 amide bonds. The molecule has 8 N–H and O–H groups in total. The van der Waals surface area contributed by atoms with Crippen molar-refractivity contribution in [2.45, 2.75) is 51.9 Å². The van der Waals surface area contributed by atoms with Gasteiger partial charge in [0.2, 0.25) is 47.3 Å². The van der Waals surface area contributed by atoms with E-state index in [0.29, 0.717) is 0 Å². The smallest absolute Gasteiger partial charge is 0.549 e. The summed E-state index contributed by atoms with van der Waals surface area (Å²) in [5.74, 6) is -25.2. The van der Waals surface area contributed by atoms with Crippen molar-refractivity contribution in [3.63, 3.8) is 0 Å². The molecule has 0 bridgehead atoms. The van der Waals surface area contributed by atoms with Crippen LogP contribution in [0.25, 0.3) is 0 Å². The van der Waals surface area contributed by atoms with Crippen molar-refractivity contribution < 1.29 is 237 Å². The van der Waals surface area contributed by atoms with E-state index < -0.39 is 279 Å². The van der Waals surface area contributed by atoms with Crippen molar-refractivity contribution in [3.8, 4) is 0 Å². The summed E-state index contributed by atoms with van der Waals surface area (Å²) < 4.78 is 0. The molecule has 0 spiro atoms. The van der Waals surface area contributed by atoms with Crippen LogP contribution in [0.1, 0.15) is 27.7 Å². The maximum absolute atomic E-state index is 14.4. The van der Waals surface area contributed by atoms with E-state index in [1.807, 2.05) is 0 Å². The predicted octanol–water partition coefficient (Wildman–Crippen LogP) is -29.7. The molecular weight excluding hydrogens is 2140 g/mol. The summed E-state index contributed by atoms with van der Waals surface area (Å²) in [6, 6.07) is -4.76. The van der Waals surface area contributed by atoms with Gasteiger partial charge in [0.05, 0.1) is 122 Å². The quantitative estimate of drug-likeness (QED) is 0.0280. The summed E-state index contributed by atoms with van der Waals surface area (Å²) in [5.41, 5.74) is -1.93. The molecule has 0 aromatic rings. The molecule has 4 aliphatic heterocycles. The molecule has 4 fully saturated rings. The van der Waals surface area contributed by atoms with Gasteiger partial charge in [-0.1, -0.05) is 0 Å². The minimum Gasteiger partial charge on any atom is -0.549 e. The fourth-order valence-electron chi connectivity index (χ4n) is 15.5. The molecule has 786 valence electrons. The van der Waals surface area contributed by atoms with Crippen LogP contribution < -0.4 is 104 Å². The zero-order valence-corrected chi connectivity index (χ0v) is 83.0. The minimum absolute atomic E-state index is 0. The van der Waals surface area contributed by atoms with Crippen LogP contribution in [0.5, 0.6) is 0 Å². The molecule has 4 atom stereocenters. The first kappa shape index (κ1) is 126. The van der Waals surface area contributed by atoms with Crippen LogP contribution in [0.2, 0.25) is 0 Å². The van der Waals surface area contributed by atoms with Crippen LogP contribution >= 0.6 is 0 Å². The summed E-state index contributed by atoms with van der Waals surface area (Å²) >= 11 is 0. The second kappa shape index (κ2) is 67.8. The summed E-state index contributed by atoms with van der Waals surface area (Å²) in [6.07, 6.45) is 0. The predicted molar refractivity (Wildman–Crippen MR) is 448 cm³/mol. The minimum atomic E-state index is -1.93. The van der Waals surface area contributed by atoms with E-state index in [1.165, 1.54) is 86.5 Å². The van der Waals surface area contributed by atoms with Crippen LogP contribution in [-0.2, 0) is 95.9 Å². The maximum atomic E-state index is 14.4. The van der Waals surface area contributed by atoms with Gasteiger partial charge < -0.3 is 161 Å². The van der Waals surface area contributed by atoms with E-state index in [1.54, 1.807) is 19.6 Å². The van der Waals surface area contributed by atoms with E-state index in [9.17, 15) is 157 Å². The largest absolute Gasteiger partial charge is 3.00 e. The van der Waals surface area contributed by atoms with Gasteiger partial charge in [0.15, 0.2) is 0 Å². The number of carbonyl (C=O) groups is 20. The van der Waals surface area contributed by atoms with Gasteiger partial charge in [0, 0.05) is 320 Å². The number of nitrogens with zero attached hydrogens (tertiary/aromatic N) is 16. The Morgan fingerprint density at radius 1 is 0.187 bits per heavy atom. The van der Waals surface area contributed by atoms with Crippen LogP contribution in [0.3, 0.4) is 0 Å². The third-order valence-corrected chi connectivity index (χ3v) is 23.8. The van der Waals surface area contributed by atoms with Gasteiger partial charge in [0.1, 0.15) is 0 Å². The molecule has 4 rings (SSSR count). The molecule has 4 unspecified atom stereocenters. The Kier molecular flexibility index (Phi) is 61.7. The molecule has 56 nitrogen and oxygen atoms in total. The molecule has 4 heterocycles. The monoisotopic (exact) mass is 2260 g/mol. The number of aliphatic carboxylic acids is 12. The molecule has 2 radical (unpaired) electrons. The Bertz CT molecular complexity index is 3410. The molecule has 0 aromatic carbocycles. The Balaban J connectivity index is 0.0000327. The fourth-order valence-corrected chi connectivity index (χ4v) is 15.5. The van der Waals surface area contributed by atoms with Crippen molar-refractivity contribution in [1.29, 1.82) is 0 Å². The first-order chi connectivity index (χ1) is 64.6. The first-order valence-electron chi connectivity index (χ1n) is 44.8. The third kappa shape index (κ3) is 55.0. The molecular formula is C81H128Gd2N24O32-6. The number of hydrogen-bond acceptors (Lipinski definition) is 48. The summed E-state index contributed by atoms with van der Waals surface area (Å²) in [4.78, 5) is 281. The van der Waals surface area contributed by atoms with Crippen LogP contribution in [0, 0.1) is 85.3 Å². The molecule has 139 heavy (non-hydrogen) atoms. The number of rotatable bonds is 48. The summed E-state index contributed by atoms with van der Waals surface area (Å²) in [6.45, 7) is -10.0. The molecule has 4 aliphatic rings. The summed E-state index contributed by atoms with van der Waals surface area (Å²) in [7, 11) is 0. The van der Waals surface area contributed by atoms with Gasteiger partial charge >= 0.3 is 79.9 Å². The zero-order valence-electron chi connectivity index (χ0n) is 78.5. The molecule has 58 heteroatoms. The van der Waals surface area contributed by atoms with E-state index >= 15 is 0 Å². The second-order valence-corrected chi connectivity index (χ2v) is 34.1. The molecule has 0 aromatic heterocycles. The number of carboxylic acids is 12. The first-order valence-corrected chi connectivity index (χ1v) is 44.8. The van der Waals surface area contributed by atoms with Gasteiger partial charge in [-0.15, -0.1) is 0 Å². The van der Waals surface area contributed by atoms with Crippen molar-refractivity contribution in [2.75, 3.05) is 340 Å². The van der Waals surface area contributed by atoms with Gasteiger partial charge in [0.25, 0.3) is 0 Å². The maximum Gasteiger partial charge on any atom is 3.00 e. The molecule has 4 saturated heterocycles. The second-order valence-electron chi connectivity index (χ2n) is 34.1. The van der Waals surface area contributed by atoms with Crippen molar-refractivity contribution in [1.82, 2.24) is 121 Å². The van der Waals surface area contributed by atoms with Gasteiger partial charge in [-0.2, -0.15) is 0 Å². The van der Waals surface area contributed by atoms with Crippen LogP contribution in [0.4, 0.5) is 0 Å². The number of carboxylic acid groups (broad SMARTS) is 12. The van der Waals surface area contributed by atoms with E-state index in [0.717, 1.165) is 0 Å². The Morgan fingerprint density at radius 2 is 0.288 bits per heavy atom. The van der Waals surface area contributed by atoms with E-state index in [4.69, 9.17) is 0 Å². The molecule has 0 aliphatic carbocycles. The number of carbonyl (C=O) groups excluding carboxylic acids is 20. The van der Waals surface area contributed by atoms with E-state index in [2.05, 4.69) is 42.5 Å². The van der Waals surface area contributed by atoms with Crippen LogP contribution in [0.15, 0.2) is 0 Å². The normalized spacial score (nSPS) is 19.3. The average molecular weight is 2260 g/mol. The third-order valence-electron chi connectivity index (χ3n) is 23.8. The van der Waals surface area contributed by atoms with Gasteiger partial charge in [-0.3, -0.25) is 117 Å². The number of hydrogen-bond donors (Lipinski definition) is 8. The average Bonchev–Trinajstić information content (AvgIpc) is 0.844. The Morgan fingerprint density at radius 3 is 0.388 bits per heavy atom. The SMILES string of the molecule is CC(C(=O)NCC(=O)NCC(CNC(=O)CNC(=O)C(C)N1CCN(CC(=O)[O-])CCN(CC(=O)[O-])CCN(CC(=O)[O-])CC1)(CNC(=O)CNC(=O)C(C)N1CCN(CC(=O)[O-])CCN(CC(=O)[O-])CCN(CC(=O)[O-])CC1)CNC(=O)CNC(=O)C(C)N1CCN(CC(=O)[O-])CCN(CC(=O)[O-])CCN(CC(=O)[O-])CC1)N1CCN(CC(=O)[O-])CCN(CC(=O)[O-])CCN(CC(=O)[O-])CC1.[Gd+3].[Gd+3]. The van der Waals surface area contributed by atoms with Crippen molar-refractivity contribution in [3.05, 3.63) is 0 Å².